The molecule has 0 radical (unpaired) electrons. The molecule has 3 aliphatic heterocycles. The van der Waals surface area contributed by atoms with E-state index in [4.69, 9.17) is 10.1 Å². The minimum atomic E-state index is -0.133. The molecule has 0 aromatic heterocycles. The highest BCUT2D eigenvalue weighted by molar-refractivity contribution is 6.09. The van der Waals surface area contributed by atoms with Gasteiger partial charge in [-0.25, -0.2) is 5.43 Å². The highest BCUT2D eigenvalue weighted by Crippen LogP contribution is 2.27. The fourth-order valence-corrected chi connectivity index (χ4v) is 4.26. The van der Waals surface area contributed by atoms with Crippen molar-refractivity contribution in [1.29, 1.82) is 5.41 Å². The molecule has 1 amide bonds. The number of hydrogen-bond acceptors (Lipinski definition) is 8. The van der Waals surface area contributed by atoms with Crippen LogP contribution in [0.2, 0.25) is 0 Å². The second-order valence-electron chi connectivity index (χ2n) is 8.35. The Morgan fingerprint density at radius 3 is 2.87 bits per heavy atom. The quantitative estimate of drug-likeness (QED) is 0.155. The second-order valence-corrected chi connectivity index (χ2v) is 8.35. The third-order valence-corrected chi connectivity index (χ3v) is 6.11. The Morgan fingerprint density at radius 2 is 2.06 bits per heavy atom. The summed E-state index contributed by atoms with van der Waals surface area (Å²) < 4.78 is 5.57. The zero-order valence-electron chi connectivity index (χ0n) is 17.9. The van der Waals surface area contributed by atoms with Crippen molar-refractivity contribution >= 4 is 11.7 Å². The Kier molecular flexibility index (Phi) is 7.52. The SMILES string of the molecule is N=C(/C=C\NNN[C@H]1CCNC1)N(CC1CCNCC1)C(=O)c1ccc2c(c1)CCO2. The van der Waals surface area contributed by atoms with Crippen molar-refractivity contribution in [3.05, 3.63) is 41.6 Å². The summed E-state index contributed by atoms with van der Waals surface area (Å²) in [5.74, 6) is 1.29. The fraction of sp³-hybridized carbons (Fsp3) is 0.545. The predicted molar refractivity (Wildman–Crippen MR) is 120 cm³/mol. The van der Waals surface area contributed by atoms with Crippen molar-refractivity contribution in [2.75, 3.05) is 39.3 Å². The van der Waals surface area contributed by atoms with Crippen LogP contribution in [-0.2, 0) is 6.42 Å². The molecule has 0 bridgehead atoms. The van der Waals surface area contributed by atoms with Gasteiger partial charge in [-0.15, -0.1) is 0 Å². The first-order valence-corrected chi connectivity index (χ1v) is 11.2. The summed E-state index contributed by atoms with van der Waals surface area (Å²) in [6.07, 6.45) is 7.18. The maximum Gasteiger partial charge on any atom is 0.259 e. The molecule has 4 rings (SSSR count). The zero-order chi connectivity index (χ0) is 21.5. The number of carbonyl (C=O) groups is 1. The molecule has 9 heteroatoms. The molecule has 0 unspecified atom stereocenters. The first-order valence-electron chi connectivity index (χ1n) is 11.2. The van der Waals surface area contributed by atoms with Crippen molar-refractivity contribution in [3.8, 4) is 5.75 Å². The molecule has 9 nitrogen and oxygen atoms in total. The predicted octanol–water partition coefficient (Wildman–Crippen LogP) is 0.515. The van der Waals surface area contributed by atoms with Gasteiger partial charge >= 0.3 is 0 Å². The van der Waals surface area contributed by atoms with Crippen LogP contribution in [0.1, 0.15) is 35.2 Å². The zero-order valence-corrected chi connectivity index (χ0v) is 17.9. The van der Waals surface area contributed by atoms with Gasteiger partial charge in [0.15, 0.2) is 0 Å². The van der Waals surface area contributed by atoms with Gasteiger partial charge < -0.3 is 20.8 Å². The van der Waals surface area contributed by atoms with Crippen LogP contribution in [0.4, 0.5) is 0 Å². The number of carbonyl (C=O) groups excluding carboxylic acids is 1. The number of hydrogen-bond donors (Lipinski definition) is 6. The van der Waals surface area contributed by atoms with Gasteiger partial charge in [-0.3, -0.25) is 15.1 Å². The number of ether oxygens (including phenoxy) is 1. The molecule has 3 aliphatic rings. The van der Waals surface area contributed by atoms with E-state index in [1.54, 1.807) is 23.2 Å². The number of rotatable bonds is 8. The van der Waals surface area contributed by atoms with Crippen molar-refractivity contribution < 1.29 is 9.53 Å². The van der Waals surface area contributed by atoms with Crippen LogP contribution in [0.15, 0.2) is 30.5 Å². The third-order valence-electron chi connectivity index (χ3n) is 6.11. The maximum absolute atomic E-state index is 13.4. The maximum atomic E-state index is 13.4. The number of amides is 1. The van der Waals surface area contributed by atoms with E-state index in [1.165, 1.54) is 0 Å². The first kappa shape index (κ1) is 21.8. The molecule has 168 valence electrons. The van der Waals surface area contributed by atoms with Crippen LogP contribution in [0.25, 0.3) is 0 Å². The van der Waals surface area contributed by atoms with E-state index in [-0.39, 0.29) is 11.7 Å². The van der Waals surface area contributed by atoms with E-state index in [0.717, 1.165) is 63.2 Å². The Labute approximate surface area is 183 Å². The average Bonchev–Trinajstić information content (AvgIpc) is 3.48. The highest BCUT2D eigenvalue weighted by atomic mass is 16.5. The number of hydrazine groups is 2. The van der Waals surface area contributed by atoms with E-state index in [1.807, 2.05) is 12.1 Å². The van der Waals surface area contributed by atoms with E-state index in [2.05, 4.69) is 27.0 Å². The van der Waals surface area contributed by atoms with Crippen LogP contribution in [0, 0.1) is 11.3 Å². The van der Waals surface area contributed by atoms with Crippen molar-refractivity contribution in [1.82, 2.24) is 31.9 Å². The largest absolute Gasteiger partial charge is 0.493 e. The molecule has 1 aromatic carbocycles. The van der Waals surface area contributed by atoms with Crippen molar-refractivity contribution in [2.45, 2.75) is 31.7 Å². The smallest absolute Gasteiger partial charge is 0.259 e. The van der Waals surface area contributed by atoms with Gasteiger partial charge in [0.25, 0.3) is 5.91 Å². The molecule has 2 saturated heterocycles. The third kappa shape index (κ3) is 5.82. The van der Waals surface area contributed by atoms with E-state index in [9.17, 15) is 4.79 Å². The molecular formula is C22H33N7O2. The van der Waals surface area contributed by atoms with E-state index >= 15 is 0 Å². The lowest BCUT2D eigenvalue weighted by atomic mass is 9.97. The summed E-state index contributed by atoms with van der Waals surface area (Å²) in [7, 11) is 0. The molecule has 6 N–H and O–H groups in total. The minimum absolute atomic E-state index is 0.133. The number of benzene rings is 1. The van der Waals surface area contributed by atoms with E-state index < -0.39 is 0 Å². The van der Waals surface area contributed by atoms with Crippen LogP contribution in [-0.4, -0.2) is 62.0 Å². The van der Waals surface area contributed by atoms with Gasteiger partial charge in [-0.1, -0.05) is 0 Å². The summed E-state index contributed by atoms with van der Waals surface area (Å²) in [6, 6.07) is 5.96. The Balaban J connectivity index is 1.39. The number of nitrogens with one attached hydrogen (secondary N) is 6. The molecule has 3 heterocycles. The summed E-state index contributed by atoms with van der Waals surface area (Å²) in [4.78, 5) is 15.0. The average molecular weight is 428 g/mol. The molecule has 1 aromatic rings. The second kappa shape index (κ2) is 10.7. The number of piperidine rings is 1. The molecule has 31 heavy (non-hydrogen) atoms. The molecule has 0 saturated carbocycles. The van der Waals surface area contributed by atoms with Gasteiger partial charge in [0, 0.05) is 37.3 Å². The van der Waals surface area contributed by atoms with Crippen LogP contribution < -0.4 is 31.8 Å². The lowest BCUT2D eigenvalue weighted by molar-refractivity contribution is 0.0823. The fourth-order valence-electron chi connectivity index (χ4n) is 4.26. The Bertz CT molecular complexity index is 801. The van der Waals surface area contributed by atoms with Gasteiger partial charge in [-0.05, 0) is 74.7 Å². The van der Waals surface area contributed by atoms with Crippen molar-refractivity contribution in [2.24, 2.45) is 5.92 Å². The lowest BCUT2D eigenvalue weighted by Gasteiger charge is -2.29. The number of fused-ring (bicyclic) bond motifs is 1. The molecule has 0 spiro atoms. The van der Waals surface area contributed by atoms with Gasteiger partial charge in [0.2, 0.25) is 0 Å². The Morgan fingerprint density at radius 1 is 1.23 bits per heavy atom. The Hall–Kier alpha value is -2.46. The first-order chi connectivity index (χ1) is 15.2. The van der Waals surface area contributed by atoms with Crippen LogP contribution in [0.3, 0.4) is 0 Å². The van der Waals surface area contributed by atoms with Gasteiger partial charge in [0.05, 0.1) is 6.61 Å². The van der Waals surface area contributed by atoms with Crippen molar-refractivity contribution in [3.63, 3.8) is 0 Å². The van der Waals surface area contributed by atoms with E-state index in [0.29, 0.717) is 30.7 Å². The molecule has 2 fully saturated rings. The lowest BCUT2D eigenvalue weighted by Crippen LogP contribution is -2.47. The highest BCUT2D eigenvalue weighted by Gasteiger charge is 2.25. The minimum Gasteiger partial charge on any atom is -0.493 e. The van der Waals surface area contributed by atoms with Gasteiger partial charge in [-0.2, -0.15) is 5.53 Å². The van der Waals surface area contributed by atoms with Crippen LogP contribution in [0.5, 0.6) is 5.75 Å². The summed E-state index contributed by atoms with van der Waals surface area (Å²) in [5.41, 5.74) is 10.7. The van der Waals surface area contributed by atoms with Crippen LogP contribution >= 0.6 is 0 Å². The summed E-state index contributed by atoms with van der Waals surface area (Å²) in [6.45, 7) is 5.07. The normalized spacial score (nSPS) is 21.1. The summed E-state index contributed by atoms with van der Waals surface area (Å²) in [5, 5.41) is 15.2. The number of nitrogens with zero attached hydrogens (tertiary/aromatic N) is 1. The van der Waals surface area contributed by atoms with Gasteiger partial charge in [0.1, 0.15) is 11.6 Å². The molecule has 0 aliphatic carbocycles. The standard InChI is InChI=1S/C22H33N7O2/c23-21(6-11-26-28-27-19-5-10-25-14-19)29(15-16-3-8-24-9-4-16)22(30)18-1-2-20-17(13-18)7-12-31-20/h1-2,6,11,13,16,19,23-28H,3-5,7-10,12,14-15H2/b11-6-,23-21?/t19-/m0/s1. The number of amidine groups is 1. The molecular weight excluding hydrogens is 394 g/mol. The topological polar surface area (TPSA) is 114 Å². The summed E-state index contributed by atoms with van der Waals surface area (Å²) >= 11 is 0. The molecule has 1 atom stereocenters. The monoisotopic (exact) mass is 427 g/mol.